The van der Waals surface area contributed by atoms with Gasteiger partial charge in [-0.3, -0.25) is 0 Å². The summed E-state index contributed by atoms with van der Waals surface area (Å²) in [5.74, 6) is 0.0299. The van der Waals surface area contributed by atoms with Crippen molar-refractivity contribution in [3.8, 4) is 11.8 Å². The molecule has 2 aromatic carbocycles. The quantitative estimate of drug-likeness (QED) is 0.687. The first-order chi connectivity index (χ1) is 14.2. The highest BCUT2D eigenvalue weighted by atomic mass is 32.2. The highest BCUT2D eigenvalue weighted by molar-refractivity contribution is 7.91. The second-order valence-electron chi connectivity index (χ2n) is 7.10. The molecule has 0 heterocycles. The Kier molecular flexibility index (Phi) is 7.98. The molecule has 0 aliphatic carbocycles. The fourth-order valence-electron chi connectivity index (χ4n) is 2.78. The second-order valence-corrected chi connectivity index (χ2v) is 9.47. The molecule has 0 saturated heterocycles. The van der Waals surface area contributed by atoms with Crippen LogP contribution >= 0.6 is 0 Å². The molecule has 0 aromatic heterocycles. The third kappa shape index (κ3) is 6.31. The van der Waals surface area contributed by atoms with Crippen LogP contribution in [0.25, 0.3) is 0 Å². The van der Waals surface area contributed by atoms with Crippen molar-refractivity contribution in [3.05, 3.63) is 65.2 Å². The summed E-state index contributed by atoms with van der Waals surface area (Å²) in [6.45, 7) is 5.18. The third-order valence-corrected chi connectivity index (χ3v) is 7.11. The van der Waals surface area contributed by atoms with Crippen molar-refractivity contribution in [3.63, 3.8) is 0 Å². The lowest BCUT2D eigenvalue weighted by atomic mass is 10.1. The van der Waals surface area contributed by atoms with Crippen molar-refractivity contribution in [1.29, 1.82) is 5.26 Å². The van der Waals surface area contributed by atoms with E-state index in [2.05, 4.69) is 5.32 Å². The average Bonchev–Trinajstić information content (AvgIpc) is 2.73. The smallest absolute Gasteiger partial charge is 0.410 e. The van der Waals surface area contributed by atoms with E-state index in [9.17, 15) is 13.2 Å². The number of carbonyl (C=O) groups is 1. The minimum Gasteiger partial charge on any atom is -0.410 e. The maximum atomic E-state index is 13.0. The normalized spacial score (nSPS) is 14.2. The summed E-state index contributed by atoms with van der Waals surface area (Å²) in [6, 6.07) is 14.5. The molecule has 0 aliphatic rings. The van der Waals surface area contributed by atoms with Crippen molar-refractivity contribution in [2.24, 2.45) is 0 Å². The van der Waals surface area contributed by atoms with E-state index in [1.165, 1.54) is 7.11 Å². The number of aryl methyl sites for hydroxylation is 1. The zero-order valence-electron chi connectivity index (χ0n) is 17.5. The van der Waals surface area contributed by atoms with Crippen molar-refractivity contribution in [2.45, 2.75) is 38.2 Å². The Morgan fingerprint density at radius 2 is 1.70 bits per heavy atom. The van der Waals surface area contributed by atoms with Crippen LogP contribution in [0.5, 0.6) is 5.75 Å². The molecule has 3 unspecified atom stereocenters. The number of hydrogen-bond acceptors (Lipinski definition) is 6. The Bertz CT molecular complexity index is 995. The summed E-state index contributed by atoms with van der Waals surface area (Å²) < 4.78 is 36.5. The van der Waals surface area contributed by atoms with Crippen LogP contribution in [-0.4, -0.2) is 39.5 Å². The van der Waals surface area contributed by atoms with E-state index in [0.29, 0.717) is 16.9 Å². The molecule has 160 valence electrons. The van der Waals surface area contributed by atoms with Crippen molar-refractivity contribution in [1.82, 2.24) is 5.32 Å². The summed E-state index contributed by atoms with van der Waals surface area (Å²) in [6.07, 6.45) is -1.31. The van der Waals surface area contributed by atoms with E-state index < -0.39 is 33.3 Å². The van der Waals surface area contributed by atoms with Gasteiger partial charge in [-0.2, -0.15) is 5.26 Å². The van der Waals surface area contributed by atoms with Gasteiger partial charge < -0.3 is 14.8 Å². The highest BCUT2D eigenvalue weighted by Gasteiger charge is 2.31. The minimum absolute atomic E-state index is 0.327. The molecule has 1 N–H and O–H groups in total. The number of nitrogens with one attached hydrogen (secondary N) is 1. The van der Waals surface area contributed by atoms with Crippen molar-refractivity contribution >= 4 is 15.9 Å². The minimum atomic E-state index is -3.64. The summed E-state index contributed by atoms with van der Waals surface area (Å²) >= 11 is 0. The van der Waals surface area contributed by atoms with Gasteiger partial charge in [0.2, 0.25) is 0 Å². The maximum Gasteiger partial charge on any atom is 0.412 e. The van der Waals surface area contributed by atoms with Gasteiger partial charge >= 0.3 is 6.09 Å². The Labute approximate surface area is 177 Å². The number of carbonyl (C=O) groups excluding carboxylic acids is 1. The molecule has 3 atom stereocenters. The van der Waals surface area contributed by atoms with Crippen molar-refractivity contribution < 1.29 is 22.7 Å². The van der Waals surface area contributed by atoms with Gasteiger partial charge in [0.15, 0.2) is 9.84 Å². The molecular formula is C22H26N2O5S. The first-order valence-electron chi connectivity index (χ1n) is 9.45. The van der Waals surface area contributed by atoms with Gasteiger partial charge in [0.1, 0.15) is 5.75 Å². The topological polar surface area (TPSA) is 105 Å². The number of nitrogens with zero attached hydrogens (tertiary/aromatic N) is 1. The van der Waals surface area contributed by atoms with Gasteiger partial charge in [-0.1, -0.05) is 29.8 Å². The Balaban J connectivity index is 2.12. The van der Waals surface area contributed by atoms with Crippen LogP contribution in [0.15, 0.2) is 48.5 Å². The average molecular weight is 431 g/mol. The number of amides is 1. The predicted molar refractivity (Wildman–Crippen MR) is 114 cm³/mol. The van der Waals surface area contributed by atoms with Gasteiger partial charge in [-0.15, -0.1) is 0 Å². The SMILES string of the molecule is COC(C)C(CS(=O)(=O)C(C)c1ccc(C#N)cc1)NC(=O)Oc1ccc(C)cc1. The fraction of sp³-hybridized carbons (Fsp3) is 0.364. The molecular weight excluding hydrogens is 404 g/mol. The van der Waals surface area contributed by atoms with E-state index in [-0.39, 0.29) is 5.75 Å². The highest BCUT2D eigenvalue weighted by Crippen LogP contribution is 2.24. The first kappa shape index (κ1) is 23.4. The molecule has 0 bridgehead atoms. The van der Waals surface area contributed by atoms with Gasteiger partial charge in [-0.25, -0.2) is 13.2 Å². The van der Waals surface area contributed by atoms with Gasteiger partial charge in [-0.05, 0) is 50.6 Å². The van der Waals surface area contributed by atoms with Crippen LogP contribution in [0.4, 0.5) is 4.79 Å². The summed E-state index contributed by atoms with van der Waals surface area (Å²) in [7, 11) is -2.20. The second kappa shape index (κ2) is 10.2. The summed E-state index contributed by atoms with van der Waals surface area (Å²) in [4.78, 5) is 12.3. The Hall–Kier alpha value is -2.89. The molecule has 2 rings (SSSR count). The van der Waals surface area contributed by atoms with Crippen LogP contribution < -0.4 is 10.1 Å². The van der Waals surface area contributed by atoms with Crippen molar-refractivity contribution in [2.75, 3.05) is 12.9 Å². The molecule has 0 fully saturated rings. The number of benzene rings is 2. The lowest BCUT2D eigenvalue weighted by molar-refractivity contribution is 0.0884. The number of hydrogen-bond donors (Lipinski definition) is 1. The van der Waals surface area contributed by atoms with Crippen LogP contribution in [0.1, 0.15) is 35.8 Å². The first-order valence-corrected chi connectivity index (χ1v) is 11.2. The Morgan fingerprint density at radius 3 is 2.23 bits per heavy atom. The van der Waals surface area contributed by atoms with Gasteiger partial charge in [0.05, 0.1) is 34.8 Å². The largest absolute Gasteiger partial charge is 0.412 e. The molecule has 0 radical (unpaired) electrons. The number of rotatable bonds is 8. The van der Waals surface area contributed by atoms with E-state index in [1.54, 1.807) is 50.2 Å². The van der Waals surface area contributed by atoms with Gasteiger partial charge in [0, 0.05) is 7.11 Å². The molecule has 2 aromatic rings. The molecule has 1 amide bonds. The number of ether oxygens (including phenoxy) is 2. The van der Waals surface area contributed by atoms with Crippen LogP contribution in [-0.2, 0) is 14.6 Å². The zero-order valence-corrected chi connectivity index (χ0v) is 18.3. The zero-order chi connectivity index (χ0) is 22.3. The van der Waals surface area contributed by atoms with Crippen LogP contribution in [0, 0.1) is 18.3 Å². The number of sulfone groups is 1. The Morgan fingerprint density at radius 1 is 1.10 bits per heavy atom. The van der Waals surface area contributed by atoms with Gasteiger partial charge in [0.25, 0.3) is 0 Å². The van der Waals surface area contributed by atoms with E-state index in [0.717, 1.165) is 5.56 Å². The molecule has 30 heavy (non-hydrogen) atoms. The molecule has 0 spiro atoms. The molecule has 0 saturated carbocycles. The lowest BCUT2D eigenvalue weighted by Crippen LogP contribution is -2.48. The predicted octanol–water partition coefficient (Wildman–Crippen LogP) is 3.53. The van der Waals surface area contributed by atoms with E-state index >= 15 is 0 Å². The van der Waals surface area contributed by atoms with E-state index in [4.69, 9.17) is 14.7 Å². The fourth-order valence-corrected chi connectivity index (χ4v) is 4.50. The number of nitriles is 1. The third-order valence-electron chi connectivity index (χ3n) is 4.93. The van der Waals surface area contributed by atoms with E-state index in [1.807, 2.05) is 25.1 Å². The molecule has 0 aliphatic heterocycles. The molecule has 8 heteroatoms. The molecule has 7 nitrogen and oxygen atoms in total. The lowest BCUT2D eigenvalue weighted by Gasteiger charge is -2.25. The van der Waals surface area contributed by atoms with Crippen LogP contribution in [0.3, 0.4) is 0 Å². The summed E-state index contributed by atoms with van der Waals surface area (Å²) in [5.41, 5.74) is 2.05. The number of methoxy groups -OCH3 is 1. The summed E-state index contributed by atoms with van der Waals surface area (Å²) in [5, 5.41) is 10.7. The van der Waals surface area contributed by atoms with Crippen LogP contribution in [0.2, 0.25) is 0 Å². The monoisotopic (exact) mass is 430 g/mol. The maximum absolute atomic E-state index is 13.0. The standard InChI is InChI=1S/C22H26N2O5S/c1-15-5-11-20(12-6-15)29-22(25)24-21(16(2)28-4)14-30(26,27)17(3)19-9-7-18(13-23)8-10-19/h5-12,16-17,21H,14H2,1-4H3,(H,24,25).